The monoisotopic (exact) mass is 365 g/mol. The van der Waals surface area contributed by atoms with Crippen LogP contribution in [-0.2, 0) is 24.1 Å². The number of hydrogen-bond donors (Lipinski definition) is 2. The number of anilines is 2. The number of aryl methyl sites for hydroxylation is 1. The van der Waals surface area contributed by atoms with Gasteiger partial charge >= 0.3 is 0 Å². The number of morpholine rings is 1. The van der Waals surface area contributed by atoms with Crippen LogP contribution in [0.15, 0.2) is 41.4 Å². The highest BCUT2D eigenvalue weighted by atomic mass is 16.5. The van der Waals surface area contributed by atoms with Gasteiger partial charge in [-0.05, 0) is 55.0 Å². The van der Waals surface area contributed by atoms with Gasteiger partial charge in [-0.15, -0.1) is 0 Å². The largest absolute Gasteiger partial charge is 0.378 e. The summed E-state index contributed by atoms with van der Waals surface area (Å²) in [7, 11) is 0. The van der Waals surface area contributed by atoms with Crippen LogP contribution in [0.3, 0.4) is 0 Å². The third kappa shape index (κ3) is 4.39. The number of ether oxygens (including phenoxy) is 1. The molecule has 0 radical (unpaired) electrons. The Morgan fingerprint density at radius 3 is 2.81 bits per heavy atom. The first-order valence-corrected chi connectivity index (χ1v) is 9.76. The van der Waals surface area contributed by atoms with E-state index >= 15 is 0 Å². The molecule has 2 heterocycles. The number of nitrogens with two attached hydrogens (primary N) is 1. The summed E-state index contributed by atoms with van der Waals surface area (Å²) in [5.74, 6) is 1.42. The van der Waals surface area contributed by atoms with E-state index in [1.165, 1.54) is 24.0 Å². The van der Waals surface area contributed by atoms with Crippen molar-refractivity contribution in [2.75, 3.05) is 36.5 Å². The van der Waals surface area contributed by atoms with Crippen molar-refractivity contribution in [2.24, 2.45) is 10.7 Å². The Kier molecular flexibility index (Phi) is 5.53. The number of pyridine rings is 1. The molecule has 0 spiro atoms. The van der Waals surface area contributed by atoms with Gasteiger partial charge in [-0.3, -0.25) is 0 Å². The zero-order valence-electron chi connectivity index (χ0n) is 15.7. The second-order valence-electron chi connectivity index (χ2n) is 7.06. The van der Waals surface area contributed by atoms with E-state index in [2.05, 4.69) is 33.4 Å². The molecule has 0 atom stereocenters. The van der Waals surface area contributed by atoms with Crippen LogP contribution in [0.4, 0.5) is 11.5 Å². The highest BCUT2D eigenvalue weighted by molar-refractivity contribution is 5.93. The second-order valence-corrected chi connectivity index (χ2v) is 7.06. The molecule has 6 nitrogen and oxygen atoms in total. The highest BCUT2D eigenvalue weighted by Crippen LogP contribution is 2.27. The molecular weight excluding hydrogens is 338 g/mol. The Morgan fingerprint density at radius 2 is 1.93 bits per heavy atom. The van der Waals surface area contributed by atoms with Crippen molar-refractivity contribution in [3.8, 4) is 0 Å². The fourth-order valence-electron chi connectivity index (χ4n) is 3.77. The van der Waals surface area contributed by atoms with Gasteiger partial charge in [0.1, 0.15) is 5.82 Å². The van der Waals surface area contributed by atoms with E-state index in [-0.39, 0.29) is 0 Å². The lowest BCUT2D eigenvalue weighted by molar-refractivity contribution is 0.122. The van der Waals surface area contributed by atoms with Crippen LogP contribution in [0, 0.1) is 0 Å². The average molecular weight is 365 g/mol. The second kappa shape index (κ2) is 8.39. The number of fused-ring (bicyclic) bond motifs is 1. The van der Waals surface area contributed by atoms with Crippen LogP contribution in [0.5, 0.6) is 0 Å². The van der Waals surface area contributed by atoms with Crippen LogP contribution < -0.4 is 16.0 Å². The first-order chi connectivity index (χ1) is 13.3. The zero-order valence-corrected chi connectivity index (χ0v) is 15.7. The molecule has 0 bridgehead atoms. The van der Waals surface area contributed by atoms with E-state index in [9.17, 15) is 0 Å². The molecule has 2 aromatic rings. The Balaban J connectivity index is 1.42. The third-order valence-corrected chi connectivity index (χ3v) is 5.20. The van der Waals surface area contributed by atoms with E-state index in [0.29, 0.717) is 12.5 Å². The number of guanidine groups is 1. The van der Waals surface area contributed by atoms with Crippen LogP contribution >= 0.6 is 0 Å². The summed E-state index contributed by atoms with van der Waals surface area (Å²) in [6.45, 7) is 3.72. The Bertz CT molecular complexity index is 814. The minimum absolute atomic E-state index is 0.438. The minimum Gasteiger partial charge on any atom is -0.378 e. The van der Waals surface area contributed by atoms with Gasteiger partial charge in [-0.2, -0.15) is 0 Å². The Hall–Kier alpha value is -2.60. The number of rotatable bonds is 4. The fourth-order valence-corrected chi connectivity index (χ4v) is 3.77. The molecule has 0 saturated carbocycles. The van der Waals surface area contributed by atoms with E-state index in [4.69, 9.17) is 15.5 Å². The maximum absolute atomic E-state index is 6.15. The number of aromatic nitrogens is 1. The Morgan fingerprint density at radius 1 is 1.11 bits per heavy atom. The molecule has 1 aromatic carbocycles. The van der Waals surface area contributed by atoms with Crippen LogP contribution in [0.25, 0.3) is 0 Å². The number of nitrogens with one attached hydrogen (secondary N) is 1. The summed E-state index contributed by atoms with van der Waals surface area (Å²) in [4.78, 5) is 11.5. The third-order valence-electron chi connectivity index (χ3n) is 5.20. The van der Waals surface area contributed by atoms with Crippen molar-refractivity contribution in [1.82, 2.24) is 4.98 Å². The highest BCUT2D eigenvalue weighted by Gasteiger charge is 2.14. The molecule has 1 saturated heterocycles. The van der Waals surface area contributed by atoms with Crippen molar-refractivity contribution in [3.05, 3.63) is 53.2 Å². The summed E-state index contributed by atoms with van der Waals surface area (Å²) < 4.78 is 5.41. The summed E-state index contributed by atoms with van der Waals surface area (Å²) in [5.41, 5.74) is 11.0. The summed E-state index contributed by atoms with van der Waals surface area (Å²) in [6.07, 6.45) is 4.77. The van der Waals surface area contributed by atoms with Crippen molar-refractivity contribution in [3.63, 3.8) is 0 Å². The maximum Gasteiger partial charge on any atom is 0.193 e. The van der Waals surface area contributed by atoms with Gasteiger partial charge in [0.05, 0.1) is 25.5 Å². The fraction of sp³-hybridized carbons (Fsp3) is 0.429. The first kappa shape index (κ1) is 17.8. The predicted octanol–water partition coefficient (Wildman–Crippen LogP) is 2.72. The van der Waals surface area contributed by atoms with Gasteiger partial charge in [0.15, 0.2) is 5.96 Å². The van der Waals surface area contributed by atoms with Gasteiger partial charge in [-0.25, -0.2) is 9.98 Å². The molecule has 4 rings (SSSR count). The lowest BCUT2D eigenvalue weighted by atomic mass is 9.90. The summed E-state index contributed by atoms with van der Waals surface area (Å²) >= 11 is 0. The van der Waals surface area contributed by atoms with Crippen molar-refractivity contribution in [2.45, 2.75) is 32.2 Å². The molecule has 27 heavy (non-hydrogen) atoms. The van der Waals surface area contributed by atoms with E-state index in [0.717, 1.165) is 56.3 Å². The lowest BCUT2D eigenvalue weighted by Crippen LogP contribution is -2.36. The van der Waals surface area contributed by atoms with Gasteiger partial charge < -0.3 is 20.7 Å². The molecule has 1 aliphatic heterocycles. The number of aliphatic imine (C=N–C) groups is 1. The van der Waals surface area contributed by atoms with Gasteiger partial charge in [-0.1, -0.05) is 18.2 Å². The molecule has 142 valence electrons. The van der Waals surface area contributed by atoms with Gasteiger partial charge in [0.25, 0.3) is 0 Å². The smallest absolute Gasteiger partial charge is 0.193 e. The van der Waals surface area contributed by atoms with Crippen LogP contribution in [0.2, 0.25) is 0 Å². The number of nitrogens with zero attached hydrogens (tertiary/aromatic N) is 3. The first-order valence-electron chi connectivity index (χ1n) is 9.76. The molecule has 0 amide bonds. The van der Waals surface area contributed by atoms with E-state index in [1.807, 2.05) is 18.2 Å². The quantitative estimate of drug-likeness (QED) is 0.644. The van der Waals surface area contributed by atoms with Gasteiger partial charge in [0, 0.05) is 18.8 Å². The van der Waals surface area contributed by atoms with E-state index in [1.54, 1.807) is 0 Å². The SMILES string of the molecule is NC(=NCc1cccc(N2CCOCC2)n1)Nc1cccc2c1CCCC2. The molecule has 3 N–H and O–H groups in total. The normalized spacial score (nSPS) is 17.5. The molecule has 0 unspecified atom stereocenters. The molecule has 1 aromatic heterocycles. The van der Waals surface area contributed by atoms with Crippen molar-refractivity contribution in [1.29, 1.82) is 0 Å². The molecule has 6 heteroatoms. The Labute approximate surface area is 160 Å². The zero-order chi connectivity index (χ0) is 18.5. The van der Waals surface area contributed by atoms with Crippen molar-refractivity contribution >= 4 is 17.5 Å². The minimum atomic E-state index is 0.438. The number of hydrogen-bond acceptors (Lipinski definition) is 4. The standard InChI is InChI=1S/C21H27N5O/c22-21(25-19-9-3-6-16-5-1-2-8-18(16)19)23-15-17-7-4-10-20(24-17)26-11-13-27-14-12-26/h3-4,6-7,9-10H,1-2,5,8,11-15H2,(H3,22,23,25). The summed E-state index contributed by atoms with van der Waals surface area (Å²) in [5, 5.41) is 3.29. The topological polar surface area (TPSA) is 75.8 Å². The molecule has 2 aliphatic rings. The summed E-state index contributed by atoms with van der Waals surface area (Å²) in [6, 6.07) is 12.5. The maximum atomic E-state index is 6.15. The van der Waals surface area contributed by atoms with Crippen LogP contribution in [0.1, 0.15) is 29.7 Å². The molecule has 1 fully saturated rings. The van der Waals surface area contributed by atoms with Gasteiger partial charge in [0.2, 0.25) is 0 Å². The number of benzene rings is 1. The van der Waals surface area contributed by atoms with Crippen molar-refractivity contribution < 1.29 is 4.74 Å². The molecule has 1 aliphatic carbocycles. The van der Waals surface area contributed by atoms with Crippen LogP contribution in [-0.4, -0.2) is 37.2 Å². The lowest BCUT2D eigenvalue weighted by Gasteiger charge is -2.27. The average Bonchev–Trinajstić information content (AvgIpc) is 2.73. The predicted molar refractivity (Wildman–Crippen MR) is 109 cm³/mol. The molecular formula is C21H27N5O. The van der Waals surface area contributed by atoms with E-state index < -0.39 is 0 Å².